The number of nitro groups is 1. The van der Waals surface area contributed by atoms with Crippen molar-refractivity contribution < 1.29 is 13.3 Å². The summed E-state index contributed by atoms with van der Waals surface area (Å²) in [5, 5.41) is 10.7. The lowest BCUT2D eigenvalue weighted by molar-refractivity contribution is -0.385. The average Bonchev–Trinajstić information content (AvgIpc) is 2.79. The zero-order chi connectivity index (χ0) is 14.9. The lowest BCUT2D eigenvalue weighted by atomic mass is 10.2. The molecule has 0 spiro atoms. The van der Waals surface area contributed by atoms with Crippen LogP contribution in [-0.4, -0.2) is 22.9 Å². The Morgan fingerprint density at radius 2 is 2.15 bits per heavy atom. The third kappa shape index (κ3) is 3.35. The average molecular weight is 381 g/mol. The van der Waals surface area contributed by atoms with Crippen LogP contribution < -0.4 is 0 Å². The molecule has 0 atom stereocenters. The van der Waals surface area contributed by atoms with Crippen LogP contribution in [0.3, 0.4) is 0 Å². The first kappa shape index (κ1) is 14.9. The van der Waals surface area contributed by atoms with Crippen LogP contribution in [0.5, 0.6) is 0 Å². The van der Waals surface area contributed by atoms with Crippen molar-refractivity contribution in [1.29, 1.82) is 0 Å². The summed E-state index contributed by atoms with van der Waals surface area (Å²) >= 11 is 3.16. The quantitative estimate of drug-likeness (QED) is 0.461. The molecule has 2 rings (SSSR count). The fourth-order valence-corrected chi connectivity index (χ4v) is 2.61. The van der Waals surface area contributed by atoms with Gasteiger partial charge in [-0.25, -0.2) is 13.4 Å². The Hall–Kier alpha value is -1.45. The standard InChI is InChI=1S/C10H7BrClN3O4S/c11-8-2-1-7(9(3-8)15(16)17)4-14-5-10(13-6-14)20(12,18)19/h1-3,5-6H,4H2. The third-order valence-electron chi connectivity index (χ3n) is 2.46. The first-order valence-corrected chi connectivity index (χ1v) is 8.27. The molecule has 2 aromatic rings. The topological polar surface area (TPSA) is 95.1 Å². The zero-order valence-corrected chi connectivity index (χ0v) is 12.9. The number of hydrogen-bond acceptors (Lipinski definition) is 5. The minimum absolute atomic E-state index is 0.0663. The van der Waals surface area contributed by atoms with Crippen LogP contribution in [0.15, 0.2) is 40.2 Å². The van der Waals surface area contributed by atoms with Crippen molar-refractivity contribution in [2.45, 2.75) is 11.6 Å². The van der Waals surface area contributed by atoms with Crippen molar-refractivity contribution in [2.24, 2.45) is 0 Å². The molecule has 0 fully saturated rings. The van der Waals surface area contributed by atoms with E-state index in [0.717, 1.165) is 0 Å². The molecule has 7 nitrogen and oxygen atoms in total. The third-order valence-corrected chi connectivity index (χ3v) is 4.13. The molecule has 1 aromatic heterocycles. The number of benzene rings is 1. The summed E-state index contributed by atoms with van der Waals surface area (Å²) in [5.41, 5.74) is 0.359. The maximum Gasteiger partial charge on any atom is 0.280 e. The summed E-state index contributed by atoms with van der Waals surface area (Å²) in [5.74, 6) is 0. The lowest BCUT2D eigenvalue weighted by Crippen LogP contribution is -2.01. The monoisotopic (exact) mass is 379 g/mol. The van der Waals surface area contributed by atoms with Gasteiger partial charge in [0, 0.05) is 33.0 Å². The van der Waals surface area contributed by atoms with Gasteiger partial charge in [-0.15, -0.1) is 0 Å². The molecule has 0 saturated carbocycles. The summed E-state index contributed by atoms with van der Waals surface area (Å²) in [6.07, 6.45) is 2.47. The molecule has 0 radical (unpaired) electrons. The molecule has 0 saturated heterocycles. The Bertz CT molecular complexity index is 775. The minimum atomic E-state index is -3.91. The molecule has 10 heteroatoms. The van der Waals surface area contributed by atoms with Crippen LogP contribution in [0.1, 0.15) is 5.56 Å². The number of imidazole rings is 1. The smallest absolute Gasteiger partial charge is 0.280 e. The Morgan fingerprint density at radius 1 is 1.45 bits per heavy atom. The highest BCUT2D eigenvalue weighted by atomic mass is 79.9. The van der Waals surface area contributed by atoms with Crippen molar-refractivity contribution in [1.82, 2.24) is 9.55 Å². The fraction of sp³-hybridized carbons (Fsp3) is 0.100. The van der Waals surface area contributed by atoms with Crippen LogP contribution in [0.4, 0.5) is 5.69 Å². The molecule has 1 heterocycles. The van der Waals surface area contributed by atoms with Gasteiger partial charge >= 0.3 is 0 Å². The van der Waals surface area contributed by atoms with Crippen molar-refractivity contribution in [3.63, 3.8) is 0 Å². The molecule has 0 aliphatic rings. The van der Waals surface area contributed by atoms with E-state index in [4.69, 9.17) is 10.7 Å². The predicted octanol–water partition coefficient (Wildman–Crippen LogP) is 2.53. The van der Waals surface area contributed by atoms with E-state index >= 15 is 0 Å². The van der Waals surface area contributed by atoms with E-state index in [2.05, 4.69) is 20.9 Å². The van der Waals surface area contributed by atoms with Crippen LogP contribution >= 0.6 is 26.6 Å². The maximum atomic E-state index is 11.1. The van der Waals surface area contributed by atoms with E-state index in [0.29, 0.717) is 10.0 Å². The second-order valence-electron chi connectivity index (χ2n) is 3.85. The summed E-state index contributed by atoms with van der Waals surface area (Å²) in [6.45, 7) is 0.114. The molecule has 0 aliphatic heterocycles. The number of rotatable bonds is 4. The van der Waals surface area contributed by atoms with E-state index in [1.807, 2.05) is 0 Å². The van der Waals surface area contributed by atoms with E-state index < -0.39 is 14.0 Å². The van der Waals surface area contributed by atoms with E-state index in [9.17, 15) is 18.5 Å². The Balaban J connectivity index is 2.35. The van der Waals surface area contributed by atoms with Gasteiger partial charge in [-0.2, -0.15) is 0 Å². The largest absolute Gasteiger partial charge is 0.331 e. The van der Waals surface area contributed by atoms with Gasteiger partial charge < -0.3 is 4.57 Å². The number of nitrogens with zero attached hydrogens (tertiary/aromatic N) is 3. The molecule has 106 valence electrons. The van der Waals surface area contributed by atoms with Gasteiger partial charge in [0.2, 0.25) is 0 Å². The molecule has 0 bridgehead atoms. The summed E-state index contributed by atoms with van der Waals surface area (Å²) in [4.78, 5) is 14.1. The zero-order valence-electron chi connectivity index (χ0n) is 9.73. The van der Waals surface area contributed by atoms with Gasteiger partial charge in [-0.1, -0.05) is 15.9 Å². The number of aromatic nitrogens is 2. The highest BCUT2D eigenvalue weighted by Gasteiger charge is 2.17. The normalized spacial score (nSPS) is 11.5. The number of hydrogen-bond donors (Lipinski definition) is 0. The van der Waals surface area contributed by atoms with Gasteiger partial charge in [0.25, 0.3) is 14.7 Å². The van der Waals surface area contributed by atoms with E-state index in [1.54, 1.807) is 12.1 Å². The summed E-state index contributed by atoms with van der Waals surface area (Å²) in [6, 6.07) is 4.63. The predicted molar refractivity (Wildman–Crippen MR) is 75.2 cm³/mol. The van der Waals surface area contributed by atoms with Crippen LogP contribution in [0.2, 0.25) is 0 Å². The molecule has 0 amide bonds. The van der Waals surface area contributed by atoms with Crippen molar-refractivity contribution >= 4 is 41.4 Å². The fourth-order valence-electron chi connectivity index (χ4n) is 1.59. The second kappa shape index (κ2) is 5.51. The first-order chi connectivity index (χ1) is 9.27. The summed E-state index contributed by atoms with van der Waals surface area (Å²) in [7, 11) is 1.25. The lowest BCUT2D eigenvalue weighted by Gasteiger charge is -2.04. The molecular weight excluding hydrogens is 374 g/mol. The summed E-state index contributed by atoms with van der Waals surface area (Å²) < 4.78 is 24.2. The van der Waals surface area contributed by atoms with Crippen molar-refractivity contribution in [2.75, 3.05) is 0 Å². The molecule has 1 aromatic carbocycles. The number of nitro benzene ring substituents is 1. The van der Waals surface area contributed by atoms with Gasteiger partial charge in [0.15, 0.2) is 5.03 Å². The van der Waals surface area contributed by atoms with Crippen molar-refractivity contribution in [3.05, 3.63) is 50.9 Å². The Labute approximate surface area is 126 Å². The van der Waals surface area contributed by atoms with Gasteiger partial charge in [0.1, 0.15) is 0 Å². The van der Waals surface area contributed by atoms with E-state index in [-0.39, 0.29) is 17.3 Å². The maximum absolute atomic E-state index is 11.1. The Morgan fingerprint density at radius 3 is 2.70 bits per heavy atom. The molecule has 0 N–H and O–H groups in total. The highest BCUT2D eigenvalue weighted by molar-refractivity contribution is 9.10. The Kier molecular flexibility index (Phi) is 4.11. The van der Waals surface area contributed by atoms with Crippen LogP contribution in [0, 0.1) is 10.1 Å². The highest BCUT2D eigenvalue weighted by Crippen LogP contribution is 2.24. The first-order valence-electron chi connectivity index (χ1n) is 5.16. The van der Waals surface area contributed by atoms with Gasteiger partial charge in [0.05, 0.1) is 17.8 Å². The SMILES string of the molecule is O=[N+]([O-])c1cc(Br)ccc1Cn1cnc(S(=O)(=O)Cl)c1. The van der Waals surface area contributed by atoms with Crippen molar-refractivity contribution in [3.8, 4) is 0 Å². The van der Waals surface area contributed by atoms with Gasteiger partial charge in [-0.05, 0) is 12.1 Å². The molecule has 0 unspecified atom stereocenters. The molecular formula is C10H7BrClN3O4S. The number of halogens is 2. The van der Waals surface area contributed by atoms with Crippen LogP contribution in [-0.2, 0) is 15.6 Å². The molecule has 20 heavy (non-hydrogen) atoms. The van der Waals surface area contributed by atoms with Gasteiger partial charge in [-0.3, -0.25) is 10.1 Å². The van der Waals surface area contributed by atoms with E-state index in [1.165, 1.54) is 23.2 Å². The molecule has 0 aliphatic carbocycles. The second-order valence-corrected chi connectivity index (χ2v) is 7.28. The minimum Gasteiger partial charge on any atom is -0.331 e. The van der Waals surface area contributed by atoms with Crippen LogP contribution in [0.25, 0.3) is 0 Å².